The normalized spacial score (nSPS) is 12.8. The number of rotatable bonds is 6. The van der Waals surface area contributed by atoms with Crippen LogP contribution < -0.4 is 9.47 Å². The van der Waals surface area contributed by atoms with Crippen LogP contribution in [0.1, 0.15) is 79.4 Å². The Hall–Kier alpha value is -2.88. The lowest BCUT2D eigenvalue weighted by Gasteiger charge is -2.18. The molecular weight excluding hydrogens is 400 g/mol. The molecule has 0 saturated carbocycles. The number of carbonyl (C=O) groups excluding carboxylic acids is 2. The Bertz CT molecular complexity index is 885. The van der Waals surface area contributed by atoms with Gasteiger partial charge in [-0.2, -0.15) is 0 Å². The third kappa shape index (κ3) is 6.56. The molecule has 2 aromatic carbocycles. The van der Waals surface area contributed by atoms with Crippen molar-refractivity contribution in [2.45, 2.75) is 68.2 Å². The van der Waals surface area contributed by atoms with E-state index in [-0.39, 0.29) is 11.9 Å². The van der Waals surface area contributed by atoms with Crippen LogP contribution in [-0.4, -0.2) is 11.9 Å². The van der Waals surface area contributed by atoms with Crippen molar-refractivity contribution in [3.63, 3.8) is 0 Å². The van der Waals surface area contributed by atoms with Gasteiger partial charge in [0.05, 0.1) is 10.8 Å². The second kappa shape index (κ2) is 10.2. The molecule has 2 aromatic rings. The van der Waals surface area contributed by atoms with E-state index in [0.717, 1.165) is 24.0 Å². The summed E-state index contributed by atoms with van der Waals surface area (Å²) in [4.78, 5) is 24.3. The van der Waals surface area contributed by atoms with Crippen molar-refractivity contribution in [1.82, 2.24) is 0 Å². The van der Waals surface area contributed by atoms with Crippen LogP contribution in [0.25, 0.3) is 11.1 Å². The Morgan fingerprint density at radius 3 is 1.09 bits per heavy atom. The highest BCUT2D eigenvalue weighted by molar-refractivity contribution is 5.91. The predicted molar refractivity (Wildman–Crippen MR) is 130 cm³/mol. The minimum Gasteiger partial charge on any atom is -0.426 e. The van der Waals surface area contributed by atoms with Crippen LogP contribution in [0.4, 0.5) is 0 Å². The van der Waals surface area contributed by atoms with Gasteiger partial charge in [-0.05, 0) is 101 Å². The SMILES string of the molecule is CCC(=C(CC)c1ccc(OC(=O)C(C)(C)C)cc1)c1ccc(OC(=O)C(C)(C)C)cc1. The van der Waals surface area contributed by atoms with Crippen LogP contribution in [0.2, 0.25) is 0 Å². The molecule has 0 amide bonds. The fourth-order valence-corrected chi connectivity index (χ4v) is 3.15. The Balaban J connectivity index is 2.29. The molecule has 0 saturated heterocycles. The largest absolute Gasteiger partial charge is 0.426 e. The number of carbonyl (C=O) groups is 2. The van der Waals surface area contributed by atoms with Crippen LogP contribution >= 0.6 is 0 Å². The number of ether oxygens (including phenoxy) is 2. The Kier molecular flexibility index (Phi) is 8.06. The number of hydrogen-bond acceptors (Lipinski definition) is 4. The van der Waals surface area contributed by atoms with E-state index in [1.165, 1.54) is 11.1 Å². The summed E-state index contributed by atoms with van der Waals surface area (Å²) in [7, 11) is 0. The molecular formula is C28H36O4. The lowest BCUT2D eigenvalue weighted by atomic mass is 9.91. The average Bonchev–Trinajstić information content (AvgIpc) is 2.72. The van der Waals surface area contributed by atoms with Crippen molar-refractivity contribution < 1.29 is 19.1 Å². The van der Waals surface area contributed by atoms with Crippen molar-refractivity contribution in [1.29, 1.82) is 0 Å². The van der Waals surface area contributed by atoms with E-state index in [9.17, 15) is 9.59 Å². The van der Waals surface area contributed by atoms with E-state index in [0.29, 0.717) is 11.5 Å². The third-order valence-corrected chi connectivity index (χ3v) is 5.12. The van der Waals surface area contributed by atoms with Gasteiger partial charge in [-0.3, -0.25) is 9.59 Å². The zero-order chi connectivity index (χ0) is 24.1. The lowest BCUT2D eigenvalue weighted by Crippen LogP contribution is -2.25. The first-order valence-corrected chi connectivity index (χ1v) is 11.2. The minimum absolute atomic E-state index is 0.252. The van der Waals surface area contributed by atoms with E-state index >= 15 is 0 Å². The maximum Gasteiger partial charge on any atom is 0.316 e. The molecule has 32 heavy (non-hydrogen) atoms. The number of allylic oxidation sites excluding steroid dienone is 2. The summed E-state index contributed by atoms with van der Waals surface area (Å²) in [6, 6.07) is 15.4. The first-order valence-electron chi connectivity index (χ1n) is 11.2. The summed E-state index contributed by atoms with van der Waals surface area (Å²) in [5, 5.41) is 0. The molecule has 2 rings (SSSR count). The van der Waals surface area contributed by atoms with Gasteiger partial charge in [0.15, 0.2) is 0 Å². The van der Waals surface area contributed by atoms with Crippen LogP contribution in [0.3, 0.4) is 0 Å². The summed E-state index contributed by atoms with van der Waals surface area (Å²) < 4.78 is 11.0. The monoisotopic (exact) mass is 436 g/mol. The second-order valence-electron chi connectivity index (χ2n) is 9.99. The zero-order valence-corrected chi connectivity index (χ0v) is 20.7. The molecule has 0 heterocycles. The van der Waals surface area contributed by atoms with E-state index in [4.69, 9.17) is 9.47 Å². The van der Waals surface area contributed by atoms with Crippen LogP contribution in [0.5, 0.6) is 11.5 Å². The molecule has 0 aliphatic heterocycles. The van der Waals surface area contributed by atoms with Gasteiger partial charge in [0.2, 0.25) is 0 Å². The van der Waals surface area contributed by atoms with E-state index in [1.54, 1.807) is 0 Å². The van der Waals surface area contributed by atoms with Gasteiger partial charge in [-0.25, -0.2) is 0 Å². The molecule has 172 valence electrons. The highest BCUT2D eigenvalue weighted by Crippen LogP contribution is 2.33. The Morgan fingerprint density at radius 2 is 0.875 bits per heavy atom. The highest BCUT2D eigenvalue weighted by atomic mass is 16.5. The van der Waals surface area contributed by atoms with Gasteiger partial charge >= 0.3 is 11.9 Å². The smallest absolute Gasteiger partial charge is 0.316 e. The van der Waals surface area contributed by atoms with Gasteiger partial charge < -0.3 is 9.47 Å². The molecule has 0 radical (unpaired) electrons. The number of hydrogen-bond donors (Lipinski definition) is 0. The molecule has 0 aliphatic carbocycles. The molecule has 0 aliphatic rings. The lowest BCUT2D eigenvalue weighted by molar-refractivity contribution is -0.143. The van der Waals surface area contributed by atoms with E-state index in [1.807, 2.05) is 90.1 Å². The quantitative estimate of drug-likeness (QED) is 0.270. The summed E-state index contributed by atoms with van der Waals surface area (Å²) in [6.45, 7) is 15.3. The second-order valence-corrected chi connectivity index (χ2v) is 9.99. The minimum atomic E-state index is -0.546. The van der Waals surface area contributed by atoms with Crippen LogP contribution in [0.15, 0.2) is 48.5 Å². The Labute approximate surface area is 192 Å². The van der Waals surface area contributed by atoms with Crippen LogP contribution in [-0.2, 0) is 9.59 Å². The fourth-order valence-electron chi connectivity index (χ4n) is 3.15. The van der Waals surface area contributed by atoms with Gasteiger partial charge in [0.1, 0.15) is 11.5 Å². The summed E-state index contributed by atoms with van der Waals surface area (Å²) >= 11 is 0. The van der Waals surface area contributed by atoms with Crippen molar-refractivity contribution in [3.8, 4) is 11.5 Å². The molecule has 4 nitrogen and oxygen atoms in total. The molecule has 0 unspecified atom stereocenters. The van der Waals surface area contributed by atoms with Crippen molar-refractivity contribution in [3.05, 3.63) is 59.7 Å². The van der Waals surface area contributed by atoms with E-state index < -0.39 is 10.8 Å². The molecule has 0 atom stereocenters. The topological polar surface area (TPSA) is 52.6 Å². The molecule has 0 fully saturated rings. The van der Waals surface area contributed by atoms with Crippen LogP contribution in [0, 0.1) is 10.8 Å². The fraction of sp³-hybridized carbons (Fsp3) is 0.429. The van der Waals surface area contributed by atoms with Gasteiger partial charge in [-0.15, -0.1) is 0 Å². The Morgan fingerprint density at radius 1 is 0.594 bits per heavy atom. The maximum absolute atomic E-state index is 12.1. The number of benzene rings is 2. The highest BCUT2D eigenvalue weighted by Gasteiger charge is 2.24. The summed E-state index contributed by atoms with van der Waals surface area (Å²) in [5.74, 6) is 0.593. The van der Waals surface area contributed by atoms with Crippen molar-refractivity contribution >= 4 is 23.1 Å². The predicted octanol–water partition coefficient (Wildman–Crippen LogP) is 7.32. The number of esters is 2. The third-order valence-electron chi connectivity index (χ3n) is 5.12. The molecule has 0 N–H and O–H groups in total. The molecule has 0 bridgehead atoms. The van der Waals surface area contributed by atoms with E-state index in [2.05, 4.69) is 13.8 Å². The molecule has 4 heteroatoms. The molecule has 0 aromatic heterocycles. The summed E-state index contributed by atoms with van der Waals surface area (Å²) in [5.41, 5.74) is 3.58. The first kappa shape index (κ1) is 25.4. The van der Waals surface area contributed by atoms with Gasteiger partial charge in [-0.1, -0.05) is 38.1 Å². The molecule has 0 spiro atoms. The summed E-state index contributed by atoms with van der Waals surface area (Å²) in [6.07, 6.45) is 1.73. The standard InChI is InChI=1S/C28H36O4/c1-9-23(19-11-15-21(16-12-19)31-25(29)27(3,4)5)24(10-2)20-13-17-22(18-14-20)32-26(30)28(6,7)8/h11-18H,9-10H2,1-8H3. The average molecular weight is 437 g/mol. The zero-order valence-electron chi connectivity index (χ0n) is 20.7. The van der Waals surface area contributed by atoms with Crippen molar-refractivity contribution in [2.24, 2.45) is 10.8 Å². The van der Waals surface area contributed by atoms with Gasteiger partial charge in [0, 0.05) is 0 Å². The first-order chi connectivity index (χ1) is 14.9. The van der Waals surface area contributed by atoms with Gasteiger partial charge in [0.25, 0.3) is 0 Å². The maximum atomic E-state index is 12.1. The van der Waals surface area contributed by atoms with Crippen molar-refractivity contribution in [2.75, 3.05) is 0 Å².